The van der Waals surface area contributed by atoms with Crippen LogP contribution in [0.15, 0.2) is 40.9 Å². The fourth-order valence-corrected chi connectivity index (χ4v) is 4.38. The Morgan fingerprint density at radius 3 is 2.61 bits per heavy atom. The minimum atomic E-state index is 0.214. The highest BCUT2D eigenvalue weighted by Crippen LogP contribution is 2.27. The molecule has 0 N–H and O–H groups in total. The van der Waals surface area contributed by atoms with Crippen molar-refractivity contribution in [2.45, 2.75) is 50.9 Å². The van der Waals surface area contributed by atoms with Crippen molar-refractivity contribution in [3.63, 3.8) is 0 Å². The topological polar surface area (TPSA) is 49.6 Å². The molecule has 0 radical (unpaired) electrons. The molecule has 1 amide bonds. The molecule has 0 unspecified atom stereocenters. The molecule has 0 bridgehead atoms. The Morgan fingerprint density at radius 2 is 1.82 bits per heavy atom. The summed E-state index contributed by atoms with van der Waals surface area (Å²) in [6, 6.07) is 10.3. The van der Waals surface area contributed by atoms with Gasteiger partial charge in [0.15, 0.2) is 5.89 Å². The fourth-order valence-electron chi connectivity index (χ4n) is 4.38. The molecule has 1 aromatic carbocycles. The van der Waals surface area contributed by atoms with E-state index >= 15 is 0 Å². The van der Waals surface area contributed by atoms with Crippen LogP contribution in [0.3, 0.4) is 0 Å². The van der Waals surface area contributed by atoms with E-state index < -0.39 is 0 Å². The van der Waals surface area contributed by atoms with Crippen molar-refractivity contribution in [2.75, 3.05) is 32.7 Å². The minimum absolute atomic E-state index is 0.214. The second-order valence-corrected chi connectivity index (χ2v) is 8.20. The summed E-state index contributed by atoms with van der Waals surface area (Å²) in [7, 11) is 0. The zero-order chi connectivity index (χ0) is 19.2. The number of hydrogen-bond donors (Lipinski definition) is 0. The standard InChI is InChI=1S/C23H31N3O2/c27-22(18-25-12-6-1-2-7-13-25)26-14-8-11-20(17-26)23-24-16-21(28-23)15-19-9-4-3-5-10-19/h3-5,9-10,16,20H,1-2,6-8,11-15,17-18H2/t20-/m1/s1. The first kappa shape index (κ1) is 19.2. The lowest BCUT2D eigenvalue weighted by Gasteiger charge is -2.33. The second kappa shape index (κ2) is 9.37. The van der Waals surface area contributed by atoms with Crippen LogP contribution in [-0.2, 0) is 11.2 Å². The van der Waals surface area contributed by atoms with Crippen molar-refractivity contribution in [1.29, 1.82) is 0 Å². The van der Waals surface area contributed by atoms with Gasteiger partial charge in [0.25, 0.3) is 0 Å². The molecule has 2 aliphatic rings. The normalized spacial score (nSPS) is 21.4. The third kappa shape index (κ3) is 5.02. The second-order valence-electron chi connectivity index (χ2n) is 8.20. The number of carbonyl (C=O) groups excluding carboxylic acids is 1. The molecule has 1 atom stereocenters. The quantitative estimate of drug-likeness (QED) is 0.789. The van der Waals surface area contributed by atoms with E-state index in [9.17, 15) is 4.79 Å². The van der Waals surface area contributed by atoms with Crippen LogP contribution < -0.4 is 0 Å². The summed E-state index contributed by atoms with van der Waals surface area (Å²) in [5.74, 6) is 2.17. The van der Waals surface area contributed by atoms with Crippen LogP contribution in [0.5, 0.6) is 0 Å². The average Bonchev–Trinajstić information content (AvgIpc) is 3.04. The van der Waals surface area contributed by atoms with Crippen LogP contribution in [0.25, 0.3) is 0 Å². The molecule has 2 aromatic rings. The average molecular weight is 382 g/mol. The Balaban J connectivity index is 1.34. The zero-order valence-corrected chi connectivity index (χ0v) is 16.7. The summed E-state index contributed by atoms with van der Waals surface area (Å²) in [4.78, 5) is 21.7. The largest absolute Gasteiger partial charge is 0.445 e. The first-order valence-corrected chi connectivity index (χ1v) is 10.8. The molecule has 0 spiro atoms. The number of rotatable bonds is 5. The molecular weight excluding hydrogens is 350 g/mol. The lowest BCUT2D eigenvalue weighted by molar-refractivity contribution is -0.133. The van der Waals surface area contributed by atoms with Crippen molar-refractivity contribution < 1.29 is 9.21 Å². The Morgan fingerprint density at radius 1 is 1.04 bits per heavy atom. The number of likely N-dealkylation sites (tertiary alicyclic amines) is 2. The van der Waals surface area contributed by atoms with Gasteiger partial charge in [0.1, 0.15) is 5.76 Å². The highest BCUT2D eigenvalue weighted by molar-refractivity contribution is 5.78. The Kier molecular flexibility index (Phi) is 6.42. The van der Waals surface area contributed by atoms with Crippen LogP contribution in [0.4, 0.5) is 0 Å². The van der Waals surface area contributed by atoms with Crippen LogP contribution in [-0.4, -0.2) is 53.4 Å². The van der Waals surface area contributed by atoms with Gasteiger partial charge in [0.05, 0.1) is 18.7 Å². The van der Waals surface area contributed by atoms with Gasteiger partial charge < -0.3 is 9.32 Å². The van der Waals surface area contributed by atoms with Crippen molar-refractivity contribution >= 4 is 5.91 Å². The molecule has 5 nitrogen and oxygen atoms in total. The summed E-state index contributed by atoms with van der Waals surface area (Å²) in [6.45, 7) is 4.29. The molecular formula is C23H31N3O2. The molecule has 3 heterocycles. The first-order chi connectivity index (χ1) is 13.8. The number of carbonyl (C=O) groups is 1. The van der Waals surface area contributed by atoms with Gasteiger partial charge >= 0.3 is 0 Å². The Bertz CT molecular complexity index is 750. The van der Waals surface area contributed by atoms with Gasteiger partial charge in [-0.3, -0.25) is 9.69 Å². The van der Waals surface area contributed by atoms with E-state index in [-0.39, 0.29) is 11.8 Å². The summed E-state index contributed by atoms with van der Waals surface area (Å²) in [5.41, 5.74) is 1.23. The molecule has 28 heavy (non-hydrogen) atoms. The van der Waals surface area contributed by atoms with Gasteiger partial charge in [-0.05, 0) is 44.3 Å². The van der Waals surface area contributed by atoms with E-state index in [1.807, 2.05) is 29.3 Å². The molecule has 5 heteroatoms. The predicted octanol–water partition coefficient (Wildman–Crippen LogP) is 3.85. The van der Waals surface area contributed by atoms with Crippen LogP contribution in [0.2, 0.25) is 0 Å². The first-order valence-electron chi connectivity index (χ1n) is 10.8. The van der Waals surface area contributed by atoms with Crippen LogP contribution in [0, 0.1) is 0 Å². The molecule has 0 saturated carbocycles. The van der Waals surface area contributed by atoms with Crippen molar-refractivity contribution in [3.05, 3.63) is 53.7 Å². The Labute approximate surface area is 167 Å². The summed E-state index contributed by atoms with van der Waals surface area (Å²) in [6.07, 6.45) is 9.70. The van der Waals surface area contributed by atoms with Gasteiger partial charge in [-0.2, -0.15) is 0 Å². The number of benzene rings is 1. The molecule has 4 rings (SSSR count). The minimum Gasteiger partial charge on any atom is -0.445 e. The van der Waals surface area contributed by atoms with Crippen molar-refractivity contribution in [3.8, 4) is 0 Å². The van der Waals surface area contributed by atoms with Gasteiger partial charge in [0.2, 0.25) is 5.91 Å². The van der Waals surface area contributed by atoms with Gasteiger partial charge in [0, 0.05) is 19.5 Å². The van der Waals surface area contributed by atoms with E-state index in [1.54, 1.807) is 0 Å². The number of hydrogen-bond acceptors (Lipinski definition) is 4. The zero-order valence-electron chi connectivity index (χ0n) is 16.7. The number of aromatic nitrogens is 1. The maximum atomic E-state index is 12.8. The molecule has 2 aliphatic heterocycles. The molecule has 2 fully saturated rings. The van der Waals surface area contributed by atoms with E-state index in [0.29, 0.717) is 6.54 Å². The highest BCUT2D eigenvalue weighted by Gasteiger charge is 2.28. The molecule has 150 valence electrons. The smallest absolute Gasteiger partial charge is 0.236 e. The SMILES string of the molecule is O=C(CN1CCCCCC1)N1CCC[C@@H](c2ncc(Cc3ccccc3)o2)C1. The number of piperidine rings is 1. The van der Waals surface area contributed by atoms with E-state index in [1.165, 1.54) is 31.2 Å². The highest BCUT2D eigenvalue weighted by atomic mass is 16.4. The van der Waals surface area contributed by atoms with Gasteiger partial charge in [-0.1, -0.05) is 43.2 Å². The third-order valence-electron chi connectivity index (χ3n) is 5.97. The third-order valence-corrected chi connectivity index (χ3v) is 5.97. The molecule has 2 saturated heterocycles. The maximum Gasteiger partial charge on any atom is 0.236 e. The maximum absolute atomic E-state index is 12.8. The number of amides is 1. The van der Waals surface area contributed by atoms with E-state index in [4.69, 9.17) is 4.42 Å². The predicted molar refractivity (Wildman–Crippen MR) is 109 cm³/mol. The van der Waals surface area contributed by atoms with Crippen LogP contribution in [0.1, 0.15) is 61.7 Å². The monoisotopic (exact) mass is 381 g/mol. The summed E-state index contributed by atoms with van der Waals surface area (Å²) >= 11 is 0. The van der Waals surface area contributed by atoms with Crippen molar-refractivity contribution in [2.24, 2.45) is 0 Å². The van der Waals surface area contributed by atoms with Crippen molar-refractivity contribution in [1.82, 2.24) is 14.8 Å². The van der Waals surface area contributed by atoms with Gasteiger partial charge in [-0.25, -0.2) is 4.98 Å². The van der Waals surface area contributed by atoms with Crippen LogP contribution >= 0.6 is 0 Å². The summed E-state index contributed by atoms with van der Waals surface area (Å²) in [5, 5.41) is 0. The molecule has 0 aliphatic carbocycles. The Hall–Kier alpha value is -2.14. The lowest BCUT2D eigenvalue weighted by Crippen LogP contribution is -2.44. The number of nitrogens with zero attached hydrogens (tertiary/aromatic N) is 3. The lowest BCUT2D eigenvalue weighted by atomic mass is 9.98. The molecule has 1 aromatic heterocycles. The van der Waals surface area contributed by atoms with E-state index in [2.05, 4.69) is 22.0 Å². The summed E-state index contributed by atoms with van der Waals surface area (Å²) < 4.78 is 6.06. The number of oxazole rings is 1. The van der Waals surface area contributed by atoms with E-state index in [0.717, 1.165) is 57.1 Å². The fraction of sp³-hybridized carbons (Fsp3) is 0.565. The van der Waals surface area contributed by atoms with Gasteiger partial charge in [-0.15, -0.1) is 0 Å².